The van der Waals surface area contributed by atoms with Crippen LogP contribution < -0.4 is 9.03 Å². The molecule has 1 saturated heterocycles. The van der Waals surface area contributed by atoms with E-state index in [1.54, 1.807) is 42.5 Å². The van der Waals surface area contributed by atoms with Crippen LogP contribution in [0.4, 0.5) is 5.69 Å². The normalized spacial score (nSPS) is 14.2. The third kappa shape index (κ3) is 6.63. The highest BCUT2D eigenvalue weighted by Gasteiger charge is 2.33. The van der Waals surface area contributed by atoms with Crippen LogP contribution in [0, 0.1) is 0 Å². The number of benzene rings is 4. The quantitative estimate of drug-likeness (QED) is 0.187. The first-order valence-electron chi connectivity index (χ1n) is 13.6. The van der Waals surface area contributed by atoms with E-state index in [-0.39, 0.29) is 6.54 Å². The number of aromatic nitrogens is 2. The summed E-state index contributed by atoms with van der Waals surface area (Å²) in [4.78, 5) is 27.4. The number of rotatable bonds is 8. The molecule has 1 aliphatic rings. The summed E-state index contributed by atoms with van der Waals surface area (Å²) in [5.41, 5.74) is 6.25. The van der Waals surface area contributed by atoms with Crippen molar-refractivity contribution in [3.63, 3.8) is 0 Å². The lowest BCUT2D eigenvalue weighted by Gasteiger charge is -2.15. The molecule has 9 nitrogen and oxygen atoms in total. The number of imidazole rings is 1. The predicted octanol–water partition coefficient (Wildman–Crippen LogP) is 6.38. The van der Waals surface area contributed by atoms with Crippen molar-refractivity contribution in [3.05, 3.63) is 130 Å². The zero-order valence-electron chi connectivity index (χ0n) is 23.4. The lowest BCUT2D eigenvalue weighted by atomic mass is 10.0. The molecule has 1 aliphatic heterocycles. The number of carboxylic acid groups (broad SMARTS) is 1. The van der Waals surface area contributed by atoms with E-state index < -0.39 is 22.1 Å². The molecule has 0 radical (unpaired) electrons. The molecule has 5 aromatic rings. The Labute approximate surface area is 269 Å². The number of nitrogens with one attached hydrogen (secondary N) is 1. The van der Waals surface area contributed by atoms with Gasteiger partial charge >= 0.3 is 16.2 Å². The van der Waals surface area contributed by atoms with Gasteiger partial charge in [0.05, 0.1) is 16.4 Å². The minimum absolute atomic E-state index is 0.279. The Morgan fingerprint density at radius 3 is 2.16 bits per heavy atom. The topological polar surface area (TPSA) is 122 Å². The minimum Gasteiger partial charge on any atom is -0.478 e. The monoisotopic (exact) mass is 658 g/mol. The molecule has 2 heterocycles. The highest BCUT2D eigenvalue weighted by atomic mass is 35.5. The van der Waals surface area contributed by atoms with Gasteiger partial charge in [0.2, 0.25) is 0 Å². The Kier molecular flexibility index (Phi) is 8.20. The number of aliphatic carboxylic acids is 1. The van der Waals surface area contributed by atoms with E-state index in [9.17, 15) is 18.0 Å². The number of anilines is 1. The molecule has 1 amide bonds. The molecule has 0 aliphatic carbocycles. The van der Waals surface area contributed by atoms with E-state index in [2.05, 4.69) is 0 Å². The summed E-state index contributed by atoms with van der Waals surface area (Å²) in [6, 6.07) is 27.7. The number of hydrogen-bond donors (Lipinski definition) is 2. The van der Waals surface area contributed by atoms with Gasteiger partial charge in [-0.25, -0.2) is 18.8 Å². The predicted molar refractivity (Wildman–Crippen MR) is 175 cm³/mol. The summed E-state index contributed by atoms with van der Waals surface area (Å²) in [7, 11) is -3.92. The lowest BCUT2D eigenvalue weighted by molar-refractivity contribution is -0.131. The van der Waals surface area contributed by atoms with Gasteiger partial charge in [-0.3, -0.25) is 4.79 Å². The summed E-state index contributed by atoms with van der Waals surface area (Å²) in [5, 5.41) is 9.81. The highest BCUT2D eigenvalue weighted by Crippen LogP contribution is 2.32. The lowest BCUT2D eigenvalue weighted by Crippen LogP contribution is -2.29. The van der Waals surface area contributed by atoms with Gasteiger partial charge in [-0.2, -0.15) is 8.42 Å². The van der Waals surface area contributed by atoms with Crippen LogP contribution >= 0.6 is 23.2 Å². The second kappa shape index (κ2) is 12.2. The Bertz CT molecular complexity index is 2060. The van der Waals surface area contributed by atoms with Gasteiger partial charge in [0.15, 0.2) is 0 Å². The molecule has 2 N–H and O–H groups in total. The zero-order valence-corrected chi connectivity index (χ0v) is 25.7. The van der Waals surface area contributed by atoms with Crippen LogP contribution in [0.25, 0.3) is 34.1 Å². The van der Waals surface area contributed by atoms with E-state index in [0.29, 0.717) is 33.4 Å². The number of hydrogen-bond acceptors (Lipinski definition) is 5. The van der Waals surface area contributed by atoms with Crippen LogP contribution in [0.3, 0.4) is 0 Å². The Morgan fingerprint density at radius 1 is 0.911 bits per heavy atom. The highest BCUT2D eigenvalue weighted by molar-refractivity contribution is 7.92. The average Bonchev–Trinajstić information content (AvgIpc) is 3.55. The number of carbonyl (C=O) groups is 2. The van der Waals surface area contributed by atoms with Gasteiger partial charge in [0.25, 0.3) is 5.91 Å². The van der Waals surface area contributed by atoms with E-state index in [1.165, 1.54) is 0 Å². The molecule has 226 valence electrons. The fraction of sp³-hybridized carbons (Fsp3) is 0.0606. The maximum atomic E-state index is 12.3. The molecule has 6 rings (SSSR count). The van der Waals surface area contributed by atoms with Gasteiger partial charge in [0, 0.05) is 35.0 Å². The third-order valence-electron chi connectivity index (χ3n) is 7.20. The summed E-state index contributed by atoms with van der Waals surface area (Å²) >= 11 is 12.6. The Hall–Kier alpha value is -4.90. The number of halogens is 2. The first-order valence-corrected chi connectivity index (χ1v) is 15.8. The van der Waals surface area contributed by atoms with E-state index in [4.69, 9.17) is 33.3 Å². The number of carboxylic acids is 1. The molecule has 1 aromatic heterocycles. The van der Waals surface area contributed by atoms with Crippen LogP contribution in [0.1, 0.15) is 17.0 Å². The van der Waals surface area contributed by atoms with Crippen molar-refractivity contribution in [2.45, 2.75) is 6.42 Å². The van der Waals surface area contributed by atoms with Crippen molar-refractivity contribution in [2.75, 3.05) is 10.8 Å². The molecule has 0 spiro atoms. The maximum absolute atomic E-state index is 12.3. The van der Waals surface area contributed by atoms with Crippen LogP contribution in [0.15, 0.2) is 103 Å². The minimum atomic E-state index is -3.92. The summed E-state index contributed by atoms with van der Waals surface area (Å²) in [5.74, 6) is -0.864. The second-order valence-corrected chi connectivity index (χ2v) is 12.7. The van der Waals surface area contributed by atoms with Gasteiger partial charge in [0.1, 0.15) is 12.4 Å². The smallest absolute Gasteiger partial charge is 0.328 e. The average molecular weight is 660 g/mol. The van der Waals surface area contributed by atoms with Crippen LogP contribution in [0.2, 0.25) is 10.0 Å². The third-order valence-corrected chi connectivity index (χ3v) is 9.15. The molecule has 1 fully saturated rings. The van der Waals surface area contributed by atoms with Crippen molar-refractivity contribution in [1.82, 2.24) is 14.3 Å². The summed E-state index contributed by atoms with van der Waals surface area (Å²) < 4.78 is 29.6. The van der Waals surface area contributed by atoms with Crippen molar-refractivity contribution < 1.29 is 23.1 Å². The Morgan fingerprint density at radius 2 is 1.56 bits per heavy atom. The van der Waals surface area contributed by atoms with Crippen molar-refractivity contribution in [2.24, 2.45) is 0 Å². The van der Waals surface area contributed by atoms with E-state index >= 15 is 0 Å². The molecule has 12 heteroatoms. The number of carbonyl (C=O) groups excluding carboxylic acids is 1. The Balaban J connectivity index is 1.30. The van der Waals surface area contributed by atoms with Crippen LogP contribution in [0.5, 0.6) is 0 Å². The molecule has 0 unspecified atom stereocenters. The van der Waals surface area contributed by atoms with Crippen molar-refractivity contribution >= 4 is 57.1 Å². The van der Waals surface area contributed by atoms with E-state index in [0.717, 1.165) is 44.1 Å². The number of nitrogens with zero attached hydrogens (tertiary/aromatic N) is 3. The molecule has 0 bridgehead atoms. The molecule has 0 atom stereocenters. The van der Waals surface area contributed by atoms with Crippen molar-refractivity contribution in [1.29, 1.82) is 0 Å². The second-order valence-electron chi connectivity index (χ2n) is 10.3. The molecule has 45 heavy (non-hydrogen) atoms. The maximum Gasteiger partial charge on any atom is 0.328 e. The van der Waals surface area contributed by atoms with Crippen LogP contribution in [-0.2, 0) is 26.2 Å². The molecular formula is C33H24Cl2N4O5S. The first-order chi connectivity index (χ1) is 21.6. The SMILES string of the molecule is O=C(O)/C=C/c1ccc(-c2ccc(Cc3nc(-c4ccc(Cl)cc4Cl)cn3-c3ccc(N4CC(=O)NS4(=O)=O)cc3)cc2)cc1. The van der Waals surface area contributed by atoms with Gasteiger partial charge < -0.3 is 9.67 Å². The largest absolute Gasteiger partial charge is 0.478 e. The van der Waals surface area contributed by atoms with Crippen LogP contribution in [-0.4, -0.2) is 41.5 Å². The standard InChI is InChI=1S/C33H24Cl2N4O5S/c34-25-10-15-28(29(35)18-25)30-19-38(26-11-13-27(14-12-26)39-20-32(40)37-45(39,43)44)31(36-30)17-22-3-8-24(9-4-22)23-6-1-21(2-7-23)5-16-33(41)42/h1-16,18-19H,17,20H2,(H,37,40)(H,41,42)/b16-5+. The number of amides is 1. The van der Waals surface area contributed by atoms with Gasteiger partial charge in [-0.1, -0.05) is 71.7 Å². The van der Waals surface area contributed by atoms with Gasteiger partial charge in [-0.15, -0.1) is 0 Å². The molecule has 0 saturated carbocycles. The van der Waals surface area contributed by atoms with Crippen molar-refractivity contribution in [3.8, 4) is 28.1 Å². The fourth-order valence-electron chi connectivity index (χ4n) is 5.00. The van der Waals surface area contributed by atoms with Gasteiger partial charge in [-0.05, 0) is 70.8 Å². The van der Waals surface area contributed by atoms with E-state index in [1.807, 2.05) is 70.1 Å². The summed E-state index contributed by atoms with van der Waals surface area (Å²) in [6.45, 7) is -0.279. The molecule has 4 aromatic carbocycles. The molecular weight excluding hydrogens is 635 g/mol. The fourth-order valence-corrected chi connectivity index (χ4v) is 6.66. The zero-order chi connectivity index (χ0) is 31.7. The first kappa shape index (κ1) is 30.1. The summed E-state index contributed by atoms with van der Waals surface area (Å²) in [6.07, 6.45) is 4.99.